The van der Waals surface area contributed by atoms with Crippen LogP contribution in [0.3, 0.4) is 0 Å². The molecule has 1 aliphatic rings. The van der Waals surface area contributed by atoms with Gasteiger partial charge in [0.1, 0.15) is 5.75 Å². The molecule has 2 nitrogen and oxygen atoms in total. The lowest BCUT2D eigenvalue weighted by Gasteiger charge is -2.28. The highest BCUT2D eigenvalue weighted by Crippen LogP contribution is 2.26. The smallest absolute Gasteiger partial charge is 0.119 e. The van der Waals surface area contributed by atoms with Gasteiger partial charge in [-0.2, -0.15) is 0 Å². The number of ether oxygens (including phenoxy) is 1. The number of hydrogen-bond acceptors (Lipinski definition) is 2. The Morgan fingerprint density at radius 3 is 2.56 bits per heavy atom. The molecule has 0 aliphatic carbocycles. The molecule has 0 amide bonds. The van der Waals surface area contributed by atoms with Gasteiger partial charge in [-0.05, 0) is 49.9 Å². The quantitative estimate of drug-likeness (QED) is 0.843. The van der Waals surface area contributed by atoms with Gasteiger partial charge in [-0.1, -0.05) is 19.1 Å². The van der Waals surface area contributed by atoms with Gasteiger partial charge in [-0.25, -0.2) is 0 Å². The molecule has 2 atom stereocenters. The number of hydrogen-bond donors (Lipinski definition) is 1. The molecular weight excluding hydrogens is 198 g/mol. The van der Waals surface area contributed by atoms with Crippen LogP contribution < -0.4 is 10.1 Å². The lowest BCUT2D eigenvalue weighted by molar-refractivity contribution is 0.330. The summed E-state index contributed by atoms with van der Waals surface area (Å²) in [6.07, 6.45) is 2.57. The Hall–Kier alpha value is -1.02. The Labute approximate surface area is 98.0 Å². The van der Waals surface area contributed by atoms with E-state index < -0.39 is 0 Å². The van der Waals surface area contributed by atoms with Gasteiger partial charge in [-0.3, -0.25) is 0 Å². The summed E-state index contributed by atoms with van der Waals surface area (Å²) < 4.78 is 5.44. The molecule has 2 rings (SSSR count). The SMILES string of the molecule is CCOc1ccc(C2CCC(C)CN2)cc1. The lowest BCUT2D eigenvalue weighted by atomic mass is 9.92. The van der Waals surface area contributed by atoms with E-state index in [9.17, 15) is 0 Å². The monoisotopic (exact) mass is 219 g/mol. The lowest BCUT2D eigenvalue weighted by Crippen LogP contribution is -2.31. The molecule has 88 valence electrons. The Morgan fingerprint density at radius 2 is 2.00 bits per heavy atom. The minimum absolute atomic E-state index is 0.534. The first-order valence-corrected chi connectivity index (χ1v) is 6.25. The van der Waals surface area contributed by atoms with Crippen molar-refractivity contribution in [1.82, 2.24) is 5.32 Å². The first-order valence-electron chi connectivity index (χ1n) is 6.25. The fraction of sp³-hybridized carbons (Fsp3) is 0.571. The second-order valence-corrected chi connectivity index (χ2v) is 4.65. The Morgan fingerprint density at radius 1 is 1.25 bits per heavy atom. The minimum Gasteiger partial charge on any atom is -0.494 e. The molecule has 1 aromatic carbocycles. The summed E-state index contributed by atoms with van der Waals surface area (Å²) in [6, 6.07) is 9.03. The standard InChI is InChI=1S/C14H21NO/c1-3-16-13-7-5-12(6-8-13)14-9-4-11(2)10-15-14/h5-8,11,14-15H,3-4,9-10H2,1-2H3. The van der Waals surface area contributed by atoms with E-state index in [-0.39, 0.29) is 0 Å². The van der Waals surface area contributed by atoms with Crippen LogP contribution in [-0.2, 0) is 0 Å². The van der Waals surface area contributed by atoms with E-state index in [2.05, 4.69) is 36.5 Å². The molecule has 1 N–H and O–H groups in total. The topological polar surface area (TPSA) is 21.3 Å². The highest BCUT2D eigenvalue weighted by molar-refractivity contribution is 5.29. The predicted molar refractivity (Wildman–Crippen MR) is 66.8 cm³/mol. The number of piperidine rings is 1. The maximum Gasteiger partial charge on any atom is 0.119 e. The summed E-state index contributed by atoms with van der Waals surface area (Å²) >= 11 is 0. The summed E-state index contributed by atoms with van der Waals surface area (Å²) in [5.74, 6) is 1.79. The molecule has 16 heavy (non-hydrogen) atoms. The van der Waals surface area contributed by atoms with Crippen LogP contribution in [0.15, 0.2) is 24.3 Å². The molecule has 0 aromatic heterocycles. The molecular formula is C14H21NO. The average molecular weight is 219 g/mol. The van der Waals surface area contributed by atoms with Crippen LogP contribution in [0.2, 0.25) is 0 Å². The van der Waals surface area contributed by atoms with E-state index in [4.69, 9.17) is 4.74 Å². The third-order valence-electron chi connectivity index (χ3n) is 3.25. The summed E-state index contributed by atoms with van der Waals surface area (Å²) in [5, 5.41) is 3.60. The van der Waals surface area contributed by atoms with Gasteiger partial charge in [0.15, 0.2) is 0 Å². The molecule has 1 fully saturated rings. The number of rotatable bonds is 3. The summed E-state index contributed by atoms with van der Waals surface area (Å²) in [4.78, 5) is 0. The van der Waals surface area contributed by atoms with Crippen molar-refractivity contribution in [3.05, 3.63) is 29.8 Å². The van der Waals surface area contributed by atoms with Crippen LogP contribution in [0.1, 0.15) is 38.3 Å². The third-order valence-corrected chi connectivity index (χ3v) is 3.25. The zero-order chi connectivity index (χ0) is 11.4. The van der Waals surface area contributed by atoms with Gasteiger partial charge >= 0.3 is 0 Å². The minimum atomic E-state index is 0.534. The molecule has 1 aromatic rings. The van der Waals surface area contributed by atoms with Crippen molar-refractivity contribution in [3.63, 3.8) is 0 Å². The van der Waals surface area contributed by atoms with E-state index in [1.54, 1.807) is 0 Å². The fourth-order valence-electron chi connectivity index (χ4n) is 2.25. The van der Waals surface area contributed by atoms with E-state index in [1.165, 1.54) is 18.4 Å². The van der Waals surface area contributed by atoms with Crippen LogP contribution in [0.4, 0.5) is 0 Å². The fourth-order valence-corrected chi connectivity index (χ4v) is 2.25. The largest absolute Gasteiger partial charge is 0.494 e. The average Bonchev–Trinajstić information content (AvgIpc) is 2.32. The van der Waals surface area contributed by atoms with Gasteiger partial charge < -0.3 is 10.1 Å². The number of benzene rings is 1. The van der Waals surface area contributed by atoms with Crippen molar-refractivity contribution in [1.29, 1.82) is 0 Å². The van der Waals surface area contributed by atoms with Crippen molar-refractivity contribution in [3.8, 4) is 5.75 Å². The van der Waals surface area contributed by atoms with Crippen molar-refractivity contribution in [2.45, 2.75) is 32.7 Å². The van der Waals surface area contributed by atoms with Crippen LogP contribution in [0.5, 0.6) is 5.75 Å². The van der Waals surface area contributed by atoms with Crippen molar-refractivity contribution in [2.24, 2.45) is 5.92 Å². The van der Waals surface area contributed by atoms with Crippen molar-refractivity contribution < 1.29 is 4.74 Å². The Balaban J connectivity index is 1.98. The molecule has 0 saturated carbocycles. The van der Waals surface area contributed by atoms with E-state index in [0.717, 1.165) is 24.8 Å². The maximum absolute atomic E-state index is 5.44. The van der Waals surface area contributed by atoms with Crippen LogP contribution in [0, 0.1) is 5.92 Å². The summed E-state index contributed by atoms with van der Waals surface area (Å²) in [6.45, 7) is 6.19. The molecule has 2 unspecified atom stereocenters. The first kappa shape index (κ1) is 11.5. The highest BCUT2D eigenvalue weighted by Gasteiger charge is 2.18. The molecule has 1 saturated heterocycles. The third kappa shape index (κ3) is 2.76. The maximum atomic E-state index is 5.44. The van der Waals surface area contributed by atoms with Gasteiger partial charge in [0.2, 0.25) is 0 Å². The second kappa shape index (κ2) is 5.35. The number of nitrogens with one attached hydrogen (secondary N) is 1. The van der Waals surface area contributed by atoms with Crippen LogP contribution >= 0.6 is 0 Å². The normalized spacial score (nSPS) is 25.4. The van der Waals surface area contributed by atoms with E-state index in [0.29, 0.717) is 6.04 Å². The van der Waals surface area contributed by atoms with Crippen molar-refractivity contribution >= 4 is 0 Å². The van der Waals surface area contributed by atoms with Gasteiger partial charge in [0.25, 0.3) is 0 Å². The molecule has 2 heteroatoms. The molecule has 0 radical (unpaired) electrons. The Kier molecular flexibility index (Phi) is 3.83. The van der Waals surface area contributed by atoms with Gasteiger partial charge in [0, 0.05) is 6.04 Å². The van der Waals surface area contributed by atoms with Gasteiger partial charge in [0.05, 0.1) is 6.61 Å². The molecule has 0 bridgehead atoms. The van der Waals surface area contributed by atoms with Crippen LogP contribution in [0.25, 0.3) is 0 Å². The summed E-state index contributed by atoms with van der Waals surface area (Å²) in [7, 11) is 0. The van der Waals surface area contributed by atoms with Crippen LogP contribution in [-0.4, -0.2) is 13.2 Å². The van der Waals surface area contributed by atoms with Crippen molar-refractivity contribution in [2.75, 3.05) is 13.2 Å². The predicted octanol–water partition coefficient (Wildman–Crippen LogP) is 3.15. The molecule has 0 spiro atoms. The van der Waals surface area contributed by atoms with E-state index in [1.807, 2.05) is 6.92 Å². The second-order valence-electron chi connectivity index (χ2n) is 4.65. The molecule has 1 aliphatic heterocycles. The Bertz CT molecular complexity index is 312. The zero-order valence-electron chi connectivity index (χ0n) is 10.2. The van der Waals surface area contributed by atoms with Gasteiger partial charge in [-0.15, -0.1) is 0 Å². The molecule has 1 heterocycles. The summed E-state index contributed by atoms with van der Waals surface area (Å²) in [5.41, 5.74) is 1.38. The zero-order valence-corrected chi connectivity index (χ0v) is 10.2. The van der Waals surface area contributed by atoms with E-state index >= 15 is 0 Å². The first-order chi connectivity index (χ1) is 7.79. The highest BCUT2D eigenvalue weighted by atomic mass is 16.5.